The van der Waals surface area contributed by atoms with Gasteiger partial charge in [-0.2, -0.15) is 5.26 Å². The molecule has 1 aromatic heterocycles. The van der Waals surface area contributed by atoms with Crippen LogP contribution in [0, 0.1) is 11.3 Å². The van der Waals surface area contributed by atoms with Crippen molar-refractivity contribution in [2.75, 3.05) is 31.1 Å². The van der Waals surface area contributed by atoms with Gasteiger partial charge in [0.2, 0.25) is 5.91 Å². The minimum Gasteiger partial charge on any atom is -0.387 e. The molecule has 8 heteroatoms. The molecule has 1 aliphatic carbocycles. The first-order valence-corrected chi connectivity index (χ1v) is 10.3. The van der Waals surface area contributed by atoms with Crippen LogP contribution in [0.2, 0.25) is 0 Å². The molecule has 1 amide bonds. The zero-order chi connectivity index (χ0) is 21.3. The van der Waals surface area contributed by atoms with Crippen LogP contribution in [0.15, 0.2) is 30.6 Å². The molecule has 1 saturated heterocycles. The molecule has 2 heterocycles. The summed E-state index contributed by atoms with van der Waals surface area (Å²) in [5.74, 6) is 1.03. The third-order valence-corrected chi connectivity index (χ3v) is 6.03. The maximum absolute atomic E-state index is 12.8. The topological polar surface area (TPSA) is 119 Å². The van der Waals surface area contributed by atoms with Gasteiger partial charge in [0, 0.05) is 31.7 Å². The van der Waals surface area contributed by atoms with E-state index in [1.54, 1.807) is 12.1 Å². The zero-order valence-electron chi connectivity index (χ0n) is 17.0. The monoisotopic (exact) mass is 406 g/mol. The minimum absolute atomic E-state index is 0.0595. The van der Waals surface area contributed by atoms with Gasteiger partial charge in [0.1, 0.15) is 12.1 Å². The first kappa shape index (κ1) is 20.3. The summed E-state index contributed by atoms with van der Waals surface area (Å²) in [5.41, 5.74) is 9.48. The van der Waals surface area contributed by atoms with Crippen molar-refractivity contribution in [3.05, 3.63) is 53.0 Å². The smallest absolute Gasteiger partial charge is 0.239 e. The lowest BCUT2D eigenvalue weighted by Crippen LogP contribution is -2.54. The number of hydrogen-bond donors (Lipinski definition) is 2. The predicted molar refractivity (Wildman–Crippen MR) is 112 cm³/mol. The number of nitrogens with zero attached hydrogens (tertiary/aromatic N) is 5. The minimum atomic E-state index is -0.608. The normalized spacial score (nSPS) is 21.8. The van der Waals surface area contributed by atoms with Crippen molar-refractivity contribution < 1.29 is 9.90 Å². The number of anilines is 1. The Hall–Kier alpha value is -3.02. The number of rotatable bonds is 4. The summed E-state index contributed by atoms with van der Waals surface area (Å²) in [6.07, 6.45) is 2.10. The van der Waals surface area contributed by atoms with E-state index in [9.17, 15) is 9.90 Å². The van der Waals surface area contributed by atoms with Gasteiger partial charge in [-0.25, -0.2) is 9.97 Å². The lowest BCUT2D eigenvalue weighted by molar-refractivity contribution is -0.132. The van der Waals surface area contributed by atoms with E-state index in [0.717, 1.165) is 22.6 Å². The van der Waals surface area contributed by atoms with Gasteiger partial charge in [0.15, 0.2) is 0 Å². The molecule has 30 heavy (non-hydrogen) atoms. The van der Waals surface area contributed by atoms with Gasteiger partial charge in [0.25, 0.3) is 0 Å². The van der Waals surface area contributed by atoms with Crippen LogP contribution in [0.3, 0.4) is 0 Å². The highest BCUT2D eigenvalue weighted by molar-refractivity contribution is 5.82. The Morgan fingerprint density at radius 1 is 1.27 bits per heavy atom. The van der Waals surface area contributed by atoms with E-state index in [2.05, 4.69) is 27.9 Å². The van der Waals surface area contributed by atoms with E-state index < -0.39 is 12.1 Å². The predicted octanol–water partition coefficient (Wildman–Crippen LogP) is 1.11. The lowest BCUT2D eigenvalue weighted by atomic mass is 10.0. The van der Waals surface area contributed by atoms with Gasteiger partial charge in [-0.1, -0.05) is 19.1 Å². The Labute approximate surface area is 176 Å². The Morgan fingerprint density at radius 3 is 2.63 bits per heavy atom. The van der Waals surface area contributed by atoms with Gasteiger partial charge in [-0.3, -0.25) is 4.79 Å². The third kappa shape index (κ3) is 3.86. The van der Waals surface area contributed by atoms with Gasteiger partial charge in [-0.05, 0) is 36.5 Å². The molecule has 156 valence electrons. The molecule has 0 saturated carbocycles. The van der Waals surface area contributed by atoms with E-state index in [1.807, 2.05) is 17.0 Å². The number of carbonyl (C=O) groups is 1. The molecule has 4 rings (SSSR count). The van der Waals surface area contributed by atoms with Crippen LogP contribution >= 0.6 is 0 Å². The van der Waals surface area contributed by atoms with E-state index in [4.69, 9.17) is 11.0 Å². The number of carbonyl (C=O) groups excluding carboxylic acids is 1. The molecule has 0 unspecified atom stereocenters. The summed E-state index contributed by atoms with van der Waals surface area (Å²) in [5, 5.41) is 19.1. The van der Waals surface area contributed by atoms with Crippen LogP contribution in [0.1, 0.15) is 47.8 Å². The number of aromatic nitrogens is 2. The van der Waals surface area contributed by atoms with Gasteiger partial charge in [-0.15, -0.1) is 0 Å². The van der Waals surface area contributed by atoms with Gasteiger partial charge in [0.05, 0.1) is 29.5 Å². The van der Waals surface area contributed by atoms with Crippen molar-refractivity contribution in [2.24, 2.45) is 5.73 Å². The van der Waals surface area contributed by atoms with E-state index in [-0.39, 0.29) is 11.8 Å². The second-order valence-electron chi connectivity index (χ2n) is 8.08. The number of aliphatic hydroxyl groups is 1. The summed E-state index contributed by atoms with van der Waals surface area (Å²) < 4.78 is 0. The van der Waals surface area contributed by atoms with Crippen molar-refractivity contribution in [1.29, 1.82) is 5.26 Å². The molecule has 1 aliphatic heterocycles. The van der Waals surface area contributed by atoms with Gasteiger partial charge >= 0.3 is 0 Å². The number of benzene rings is 1. The number of nitrogens with two attached hydrogens (primary N) is 1. The van der Waals surface area contributed by atoms with Crippen LogP contribution in [-0.2, 0) is 11.2 Å². The summed E-state index contributed by atoms with van der Waals surface area (Å²) in [6, 6.07) is 8.64. The van der Waals surface area contributed by atoms with Crippen LogP contribution in [0.4, 0.5) is 5.82 Å². The van der Waals surface area contributed by atoms with Crippen molar-refractivity contribution in [1.82, 2.24) is 14.9 Å². The van der Waals surface area contributed by atoms with E-state index in [1.165, 1.54) is 6.33 Å². The molecule has 1 fully saturated rings. The number of piperazine rings is 1. The molecule has 1 aromatic carbocycles. The fourth-order valence-corrected chi connectivity index (χ4v) is 4.38. The molecule has 3 atom stereocenters. The average Bonchev–Trinajstić information content (AvgIpc) is 3.07. The van der Waals surface area contributed by atoms with Crippen LogP contribution in [0.25, 0.3) is 0 Å². The molecule has 3 N–H and O–H groups in total. The highest BCUT2D eigenvalue weighted by atomic mass is 16.3. The van der Waals surface area contributed by atoms with Crippen molar-refractivity contribution in [3.8, 4) is 6.07 Å². The summed E-state index contributed by atoms with van der Waals surface area (Å²) in [6.45, 7) is 4.58. The number of fused-ring (bicyclic) bond motifs is 1. The zero-order valence-corrected chi connectivity index (χ0v) is 17.0. The summed E-state index contributed by atoms with van der Waals surface area (Å²) in [4.78, 5) is 25.6. The molecule has 0 radical (unpaired) electrons. The van der Waals surface area contributed by atoms with E-state index >= 15 is 0 Å². The second-order valence-corrected chi connectivity index (χ2v) is 8.08. The number of aliphatic hydroxyl groups excluding tert-OH is 1. The first-order valence-electron chi connectivity index (χ1n) is 10.3. The van der Waals surface area contributed by atoms with Crippen molar-refractivity contribution >= 4 is 11.7 Å². The highest BCUT2D eigenvalue weighted by Gasteiger charge is 2.34. The fourth-order valence-electron chi connectivity index (χ4n) is 4.38. The first-order chi connectivity index (χ1) is 14.5. The third-order valence-electron chi connectivity index (χ3n) is 6.03. The number of hydrogen-bond acceptors (Lipinski definition) is 7. The molecular formula is C22H26N6O2. The molecule has 0 spiro atoms. The maximum Gasteiger partial charge on any atom is 0.239 e. The highest BCUT2D eigenvalue weighted by Crippen LogP contribution is 2.42. The van der Waals surface area contributed by atoms with Crippen LogP contribution in [0.5, 0.6) is 0 Å². The largest absolute Gasteiger partial charge is 0.387 e. The van der Waals surface area contributed by atoms with E-state index in [0.29, 0.717) is 44.6 Å². The molecule has 2 aromatic rings. The van der Waals surface area contributed by atoms with Gasteiger partial charge < -0.3 is 20.6 Å². The number of amides is 1. The SMILES string of the molecule is C[C@@H]1C[C@@H](O)c2ncnc(N3CCN(C(=O)[C@H](N)Cc4ccc(C#N)cc4)CC3)c21. The fraction of sp³-hybridized carbons (Fsp3) is 0.455. The second kappa shape index (κ2) is 8.38. The molecule has 0 bridgehead atoms. The molecule has 2 aliphatic rings. The Bertz CT molecular complexity index is 963. The molecule has 8 nitrogen and oxygen atoms in total. The van der Waals surface area contributed by atoms with Crippen molar-refractivity contribution in [3.63, 3.8) is 0 Å². The Balaban J connectivity index is 1.38. The van der Waals surface area contributed by atoms with Crippen LogP contribution in [-0.4, -0.2) is 58.1 Å². The lowest BCUT2D eigenvalue weighted by Gasteiger charge is -2.37. The Morgan fingerprint density at radius 2 is 1.97 bits per heavy atom. The number of nitriles is 1. The summed E-state index contributed by atoms with van der Waals surface area (Å²) in [7, 11) is 0. The van der Waals surface area contributed by atoms with Crippen molar-refractivity contribution in [2.45, 2.75) is 37.8 Å². The summed E-state index contributed by atoms with van der Waals surface area (Å²) >= 11 is 0. The Kier molecular flexibility index (Phi) is 5.66. The standard InChI is InChI=1S/C22H26N6O2/c1-14-10-18(29)20-19(14)21(26-13-25-20)27-6-8-28(9-7-27)22(30)17(24)11-15-2-4-16(12-23)5-3-15/h2-5,13-14,17-18,29H,6-11,24H2,1H3/t14-,17-,18-/m1/s1. The quantitative estimate of drug-likeness (QED) is 0.780. The molecular weight excluding hydrogens is 380 g/mol. The van der Waals surface area contributed by atoms with Crippen LogP contribution < -0.4 is 10.6 Å². The maximum atomic E-state index is 12.8. The average molecular weight is 406 g/mol.